The molecule has 0 bridgehead atoms. The molecule has 1 saturated heterocycles. The van der Waals surface area contributed by atoms with Gasteiger partial charge in [-0.3, -0.25) is 0 Å². The van der Waals surface area contributed by atoms with Crippen molar-refractivity contribution in [3.05, 3.63) is 23.2 Å². The van der Waals surface area contributed by atoms with Crippen molar-refractivity contribution in [3.8, 4) is 0 Å². The van der Waals surface area contributed by atoms with Gasteiger partial charge in [0.1, 0.15) is 4.90 Å². The van der Waals surface area contributed by atoms with Crippen LogP contribution in [0.3, 0.4) is 0 Å². The highest BCUT2D eigenvalue weighted by Gasteiger charge is 2.27. The maximum absolute atomic E-state index is 12.5. The van der Waals surface area contributed by atoms with Crippen LogP contribution in [0.1, 0.15) is 6.42 Å². The van der Waals surface area contributed by atoms with Crippen LogP contribution in [0.4, 0.5) is 5.69 Å². The smallest absolute Gasteiger partial charge is 0.245 e. The number of thioether (sulfide) groups is 1. The van der Waals surface area contributed by atoms with Gasteiger partial charge in [0.05, 0.1) is 5.69 Å². The molecule has 1 aromatic carbocycles. The summed E-state index contributed by atoms with van der Waals surface area (Å²) in [7, 11) is -3.50. The Labute approximate surface area is 117 Å². The van der Waals surface area contributed by atoms with E-state index in [0.29, 0.717) is 18.1 Å². The van der Waals surface area contributed by atoms with Crippen LogP contribution in [0.5, 0.6) is 0 Å². The Bertz CT molecular complexity index is 526. The van der Waals surface area contributed by atoms with Gasteiger partial charge in [0, 0.05) is 23.9 Å². The zero-order valence-corrected chi connectivity index (χ0v) is 12.2. The van der Waals surface area contributed by atoms with Gasteiger partial charge in [0.2, 0.25) is 10.0 Å². The predicted octanol–water partition coefficient (Wildman–Crippen LogP) is 2.05. The van der Waals surface area contributed by atoms with E-state index in [-0.39, 0.29) is 10.6 Å². The fraction of sp³-hybridized carbons (Fsp3) is 0.455. The molecule has 0 amide bonds. The van der Waals surface area contributed by atoms with E-state index in [2.05, 4.69) is 0 Å². The highest BCUT2D eigenvalue weighted by molar-refractivity contribution is 7.99. The van der Waals surface area contributed by atoms with Gasteiger partial charge in [-0.05, 0) is 30.4 Å². The summed E-state index contributed by atoms with van der Waals surface area (Å²) in [5, 5.41) is 0.442. The fourth-order valence-electron chi connectivity index (χ4n) is 1.86. The third kappa shape index (κ3) is 2.93. The van der Waals surface area contributed by atoms with Crippen molar-refractivity contribution in [1.82, 2.24) is 4.31 Å². The minimum Gasteiger partial charge on any atom is -0.398 e. The van der Waals surface area contributed by atoms with E-state index in [0.717, 1.165) is 17.9 Å². The summed E-state index contributed by atoms with van der Waals surface area (Å²) in [4.78, 5) is 0.152. The van der Waals surface area contributed by atoms with Gasteiger partial charge in [-0.1, -0.05) is 11.6 Å². The van der Waals surface area contributed by atoms with Crippen LogP contribution < -0.4 is 5.73 Å². The summed E-state index contributed by atoms with van der Waals surface area (Å²) in [6, 6.07) is 4.50. The van der Waals surface area contributed by atoms with Crippen molar-refractivity contribution in [1.29, 1.82) is 0 Å². The summed E-state index contributed by atoms with van der Waals surface area (Å²) in [6.45, 7) is 1.09. The molecule has 1 aliphatic rings. The van der Waals surface area contributed by atoms with Gasteiger partial charge >= 0.3 is 0 Å². The van der Waals surface area contributed by atoms with Crippen molar-refractivity contribution in [2.24, 2.45) is 0 Å². The lowest BCUT2D eigenvalue weighted by molar-refractivity contribution is 0.435. The molecular weight excluding hydrogens is 292 g/mol. The van der Waals surface area contributed by atoms with E-state index in [1.54, 1.807) is 17.8 Å². The van der Waals surface area contributed by atoms with Gasteiger partial charge < -0.3 is 5.73 Å². The zero-order chi connectivity index (χ0) is 13.2. The van der Waals surface area contributed by atoms with Crippen LogP contribution in [-0.4, -0.2) is 37.3 Å². The van der Waals surface area contributed by atoms with Crippen LogP contribution in [0.15, 0.2) is 23.1 Å². The molecule has 1 aromatic rings. The number of benzene rings is 1. The van der Waals surface area contributed by atoms with Gasteiger partial charge in [-0.25, -0.2) is 8.42 Å². The largest absolute Gasteiger partial charge is 0.398 e. The van der Waals surface area contributed by atoms with Gasteiger partial charge in [0.25, 0.3) is 0 Å². The second kappa shape index (κ2) is 5.69. The molecule has 1 fully saturated rings. The van der Waals surface area contributed by atoms with E-state index in [1.165, 1.54) is 16.4 Å². The van der Waals surface area contributed by atoms with E-state index in [9.17, 15) is 8.42 Å². The van der Waals surface area contributed by atoms with Crippen LogP contribution in [0, 0.1) is 0 Å². The maximum Gasteiger partial charge on any atom is 0.245 e. The second-order valence-electron chi connectivity index (χ2n) is 4.05. The highest BCUT2D eigenvalue weighted by Crippen LogP contribution is 2.26. The minimum absolute atomic E-state index is 0.152. The van der Waals surface area contributed by atoms with Gasteiger partial charge in [-0.2, -0.15) is 16.1 Å². The van der Waals surface area contributed by atoms with E-state index >= 15 is 0 Å². The van der Waals surface area contributed by atoms with E-state index in [1.807, 2.05) is 0 Å². The van der Waals surface area contributed by atoms with Crippen molar-refractivity contribution in [2.75, 3.05) is 30.3 Å². The van der Waals surface area contributed by atoms with Crippen molar-refractivity contribution in [2.45, 2.75) is 11.3 Å². The molecule has 1 aliphatic heterocycles. The zero-order valence-electron chi connectivity index (χ0n) is 9.80. The quantitative estimate of drug-likeness (QED) is 0.849. The molecule has 2 rings (SSSR count). The average molecular weight is 307 g/mol. The summed E-state index contributed by atoms with van der Waals surface area (Å²) in [6.07, 6.45) is 0.872. The summed E-state index contributed by atoms with van der Waals surface area (Å²) in [5.74, 6) is 1.83. The Hall–Kier alpha value is -0.430. The standard InChI is InChI=1S/C11H15ClN2O2S2/c12-9-2-3-11(10(13)8-9)18(15,16)14-4-1-6-17-7-5-14/h2-3,8H,1,4-7,13H2. The summed E-state index contributed by atoms with van der Waals surface area (Å²) >= 11 is 7.57. The molecule has 0 saturated carbocycles. The molecule has 0 spiro atoms. The van der Waals surface area contributed by atoms with Crippen molar-refractivity contribution in [3.63, 3.8) is 0 Å². The van der Waals surface area contributed by atoms with Crippen molar-refractivity contribution < 1.29 is 8.42 Å². The highest BCUT2D eigenvalue weighted by atomic mass is 35.5. The molecule has 0 radical (unpaired) electrons. The van der Waals surface area contributed by atoms with Crippen molar-refractivity contribution >= 4 is 39.1 Å². The average Bonchev–Trinajstić information content (AvgIpc) is 2.57. The molecule has 0 aliphatic carbocycles. The molecule has 0 aromatic heterocycles. The molecule has 0 unspecified atom stereocenters. The SMILES string of the molecule is Nc1cc(Cl)ccc1S(=O)(=O)N1CCCSCC1. The molecular formula is C11H15ClN2O2S2. The number of hydrogen-bond acceptors (Lipinski definition) is 4. The number of rotatable bonds is 2. The topological polar surface area (TPSA) is 63.4 Å². The lowest BCUT2D eigenvalue weighted by Crippen LogP contribution is -2.33. The molecule has 18 heavy (non-hydrogen) atoms. The third-order valence-electron chi connectivity index (χ3n) is 2.77. The molecule has 0 atom stereocenters. The predicted molar refractivity (Wildman–Crippen MR) is 76.6 cm³/mol. The van der Waals surface area contributed by atoms with Gasteiger partial charge in [-0.15, -0.1) is 0 Å². The second-order valence-corrected chi connectivity index (χ2v) is 7.62. The normalized spacial score (nSPS) is 18.5. The Kier molecular flexibility index (Phi) is 4.42. The van der Waals surface area contributed by atoms with E-state index < -0.39 is 10.0 Å². The Morgan fingerprint density at radius 2 is 2.06 bits per heavy atom. The molecule has 1 heterocycles. The lowest BCUT2D eigenvalue weighted by Gasteiger charge is -2.20. The first-order valence-corrected chi connectivity index (χ1v) is 8.62. The number of nitrogens with zero attached hydrogens (tertiary/aromatic N) is 1. The number of anilines is 1. The third-order valence-corrected chi connectivity index (χ3v) is 6.03. The Balaban J connectivity index is 2.34. The summed E-state index contributed by atoms with van der Waals surface area (Å²) in [5.41, 5.74) is 5.97. The molecule has 7 heteroatoms. The number of sulfonamides is 1. The monoisotopic (exact) mass is 306 g/mol. The van der Waals surface area contributed by atoms with Crippen LogP contribution in [-0.2, 0) is 10.0 Å². The number of nitrogen functional groups attached to an aromatic ring is 1. The summed E-state index contributed by atoms with van der Waals surface area (Å²) < 4.78 is 26.4. The minimum atomic E-state index is -3.50. The molecule has 2 N–H and O–H groups in total. The van der Waals surface area contributed by atoms with Crippen LogP contribution in [0.25, 0.3) is 0 Å². The van der Waals surface area contributed by atoms with Crippen LogP contribution >= 0.6 is 23.4 Å². The first-order chi connectivity index (χ1) is 8.51. The number of hydrogen-bond donors (Lipinski definition) is 1. The van der Waals surface area contributed by atoms with Gasteiger partial charge in [0.15, 0.2) is 0 Å². The fourth-order valence-corrected chi connectivity index (χ4v) is 4.62. The van der Waals surface area contributed by atoms with Crippen LogP contribution in [0.2, 0.25) is 5.02 Å². The number of nitrogens with two attached hydrogens (primary N) is 1. The maximum atomic E-state index is 12.5. The van der Waals surface area contributed by atoms with E-state index in [4.69, 9.17) is 17.3 Å². The molecule has 4 nitrogen and oxygen atoms in total. The Morgan fingerprint density at radius 3 is 2.78 bits per heavy atom. The lowest BCUT2D eigenvalue weighted by atomic mass is 10.3. The Morgan fingerprint density at radius 1 is 1.28 bits per heavy atom. The first kappa shape index (κ1) is 14.0. The first-order valence-electron chi connectivity index (χ1n) is 5.65. The number of halogens is 1. The molecule has 100 valence electrons.